The summed E-state index contributed by atoms with van der Waals surface area (Å²) in [6.45, 7) is 1.88. The van der Waals surface area contributed by atoms with Crippen molar-refractivity contribution in [2.24, 2.45) is 5.73 Å². The van der Waals surface area contributed by atoms with E-state index in [-0.39, 0.29) is 6.04 Å². The summed E-state index contributed by atoms with van der Waals surface area (Å²) >= 11 is 1.60. The van der Waals surface area contributed by atoms with Crippen LogP contribution in [0.3, 0.4) is 0 Å². The molecule has 0 amide bonds. The molecule has 1 atom stereocenters. The lowest BCUT2D eigenvalue weighted by atomic mass is 10.3. The standard InChI is InChI=1S/C10H13N5S/c11-8-3-6-15(7-8)10-13-12-9(16-10)14-4-1-2-5-14/h1-2,4-5,8H,3,6-7,11H2. The first kappa shape index (κ1) is 9.80. The van der Waals surface area contributed by atoms with Crippen molar-refractivity contribution in [1.82, 2.24) is 14.8 Å². The second-order valence-corrected chi connectivity index (χ2v) is 4.89. The molecular formula is C10H13N5S. The van der Waals surface area contributed by atoms with Gasteiger partial charge in [-0.1, -0.05) is 11.3 Å². The summed E-state index contributed by atoms with van der Waals surface area (Å²) in [5, 5.41) is 10.3. The molecule has 84 valence electrons. The van der Waals surface area contributed by atoms with Crippen molar-refractivity contribution in [1.29, 1.82) is 0 Å². The molecule has 1 unspecified atom stereocenters. The SMILES string of the molecule is NC1CCN(c2nnc(-n3cccc3)s2)C1. The fourth-order valence-corrected chi connectivity index (χ4v) is 2.71. The number of nitrogens with zero attached hydrogens (tertiary/aromatic N) is 4. The van der Waals surface area contributed by atoms with Gasteiger partial charge in [-0.2, -0.15) is 0 Å². The van der Waals surface area contributed by atoms with Gasteiger partial charge in [0.25, 0.3) is 0 Å². The Labute approximate surface area is 97.5 Å². The zero-order valence-corrected chi connectivity index (χ0v) is 9.60. The average Bonchev–Trinajstić information content (AvgIpc) is 2.97. The average molecular weight is 235 g/mol. The number of hydrogen-bond acceptors (Lipinski definition) is 5. The van der Waals surface area contributed by atoms with Gasteiger partial charge < -0.3 is 10.6 Å². The molecule has 0 saturated carbocycles. The molecule has 0 radical (unpaired) electrons. The molecule has 3 rings (SSSR count). The van der Waals surface area contributed by atoms with Gasteiger partial charge in [-0.3, -0.25) is 4.57 Å². The van der Waals surface area contributed by atoms with Crippen molar-refractivity contribution < 1.29 is 0 Å². The maximum Gasteiger partial charge on any atom is 0.218 e. The van der Waals surface area contributed by atoms with E-state index in [1.807, 2.05) is 29.1 Å². The summed E-state index contributed by atoms with van der Waals surface area (Å²) in [6.07, 6.45) is 4.98. The third-order valence-corrected chi connectivity index (χ3v) is 3.72. The summed E-state index contributed by atoms with van der Waals surface area (Å²) in [6, 6.07) is 4.23. The molecule has 5 nitrogen and oxygen atoms in total. The topological polar surface area (TPSA) is 60.0 Å². The van der Waals surface area contributed by atoms with Gasteiger partial charge in [0.15, 0.2) is 0 Å². The third-order valence-electron chi connectivity index (χ3n) is 2.72. The molecule has 2 N–H and O–H groups in total. The van der Waals surface area contributed by atoms with Gasteiger partial charge in [0.2, 0.25) is 10.3 Å². The Hall–Kier alpha value is -1.40. The molecule has 16 heavy (non-hydrogen) atoms. The second kappa shape index (κ2) is 3.88. The first-order valence-corrected chi connectivity index (χ1v) is 6.12. The van der Waals surface area contributed by atoms with Gasteiger partial charge in [0, 0.05) is 31.5 Å². The van der Waals surface area contributed by atoms with Crippen LogP contribution in [0.2, 0.25) is 0 Å². The Morgan fingerprint density at radius 3 is 2.69 bits per heavy atom. The molecule has 1 fully saturated rings. The Kier molecular flexibility index (Phi) is 2.37. The van der Waals surface area contributed by atoms with E-state index in [4.69, 9.17) is 5.73 Å². The van der Waals surface area contributed by atoms with E-state index in [9.17, 15) is 0 Å². The molecular weight excluding hydrogens is 222 g/mol. The van der Waals surface area contributed by atoms with Crippen molar-refractivity contribution in [3.8, 4) is 5.13 Å². The van der Waals surface area contributed by atoms with Crippen LogP contribution in [0.4, 0.5) is 5.13 Å². The predicted octanol–water partition coefficient (Wildman–Crippen LogP) is 0.866. The molecule has 0 aromatic carbocycles. The van der Waals surface area contributed by atoms with Crippen molar-refractivity contribution in [2.45, 2.75) is 12.5 Å². The van der Waals surface area contributed by atoms with Crippen LogP contribution in [-0.2, 0) is 0 Å². The lowest BCUT2D eigenvalue weighted by molar-refractivity contribution is 0.751. The van der Waals surface area contributed by atoms with Crippen LogP contribution < -0.4 is 10.6 Å². The van der Waals surface area contributed by atoms with E-state index in [0.29, 0.717) is 0 Å². The summed E-state index contributed by atoms with van der Waals surface area (Å²) < 4.78 is 1.97. The van der Waals surface area contributed by atoms with Crippen molar-refractivity contribution in [2.75, 3.05) is 18.0 Å². The fourth-order valence-electron chi connectivity index (χ4n) is 1.86. The van der Waals surface area contributed by atoms with Gasteiger partial charge >= 0.3 is 0 Å². The number of rotatable bonds is 2. The lowest BCUT2D eigenvalue weighted by Gasteiger charge is -2.11. The minimum absolute atomic E-state index is 0.277. The normalized spacial score (nSPS) is 20.6. The largest absolute Gasteiger partial charge is 0.345 e. The summed E-state index contributed by atoms with van der Waals surface area (Å²) in [5.74, 6) is 0. The lowest BCUT2D eigenvalue weighted by Crippen LogP contribution is -2.26. The van der Waals surface area contributed by atoms with Gasteiger partial charge in [0.1, 0.15) is 0 Å². The highest BCUT2D eigenvalue weighted by Gasteiger charge is 2.22. The molecule has 2 aromatic rings. The smallest absolute Gasteiger partial charge is 0.218 e. The highest BCUT2D eigenvalue weighted by atomic mass is 32.1. The summed E-state index contributed by atoms with van der Waals surface area (Å²) in [5.41, 5.74) is 5.87. The number of aromatic nitrogens is 3. The van der Waals surface area contributed by atoms with E-state index in [1.54, 1.807) is 11.3 Å². The molecule has 0 bridgehead atoms. The maximum atomic E-state index is 5.87. The van der Waals surface area contributed by atoms with Crippen molar-refractivity contribution in [3.05, 3.63) is 24.5 Å². The minimum atomic E-state index is 0.277. The highest BCUT2D eigenvalue weighted by Crippen LogP contribution is 2.25. The zero-order valence-electron chi connectivity index (χ0n) is 8.78. The molecule has 1 aliphatic heterocycles. The monoisotopic (exact) mass is 235 g/mol. The third kappa shape index (κ3) is 1.70. The molecule has 3 heterocycles. The van der Waals surface area contributed by atoms with Crippen molar-refractivity contribution >= 4 is 16.5 Å². The Morgan fingerprint density at radius 1 is 1.25 bits per heavy atom. The van der Waals surface area contributed by atoms with Gasteiger partial charge in [-0.25, -0.2) is 0 Å². The predicted molar refractivity (Wildman–Crippen MR) is 64.0 cm³/mol. The number of hydrogen-bond donors (Lipinski definition) is 1. The number of anilines is 1. The van der Waals surface area contributed by atoms with Crippen LogP contribution in [-0.4, -0.2) is 33.9 Å². The highest BCUT2D eigenvalue weighted by molar-refractivity contribution is 7.17. The molecule has 0 spiro atoms. The van der Waals surface area contributed by atoms with Crippen LogP contribution in [0, 0.1) is 0 Å². The molecule has 1 aliphatic rings. The van der Waals surface area contributed by atoms with Crippen LogP contribution in [0.5, 0.6) is 0 Å². The van der Waals surface area contributed by atoms with E-state index >= 15 is 0 Å². The molecule has 1 saturated heterocycles. The van der Waals surface area contributed by atoms with E-state index in [1.165, 1.54) is 0 Å². The van der Waals surface area contributed by atoms with Crippen LogP contribution in [0.15, 0.2) is 24.5 Å². The molecule has 6 heteroatoms. The van der Waals surface area contributed by atoms with E-state index < -0.39 is 0 Å². The van der Waals surface area contributed by atoms with Gasteiger partial charge in [-0.15, -0.1) is 10.2 Å². The minimum Gasteiger partial charge on any atom is -0.345 e. The van der Waals surface area contributed by atoms with Crippen LogP contribution >= 0.6 is 11.3 Å². The van der Waals surface area contributed by atoms with E-state index in [2.05, 4.69) is 15.1 Å². The first-order chi connectivity index (χ1) is 7.83. The van der Waals surface area contributed by atoms with Gasteiger partial charge in [-0.05, 0) is 18.6 Å². The first-order valence-electron chi connectivity index (χ1n) is 5.30. The Balaban J connectivity index is 1.83. The number of nitrogens with two attached hydrogens (primary N) is 1. The Bertz CT molecular complexity index is 463. The zero-order chi connectivity index (χ0) is 11.0. The molecule has 2 aromatic heterocycles. The maximum absolute atomic E-state index is 5.87. The quantitative estimate of drug-likeness (QED) is 0.839. The second-order valence-electron chi connectivity index (χ2n) is 3.95. The summed E-state index contributed by atoms with van der Waals surface area (Å²) in [7, 11) is 0. The summed E-state index contributed by atoms with van der Waals surface area (Å²) in [4.78, 5) is 2.20. The van der Waals surface area contributed by atoms with Crippen LogP contribution in [0.1, 0.15) is 6.42 Å². The Morgan fingerprint density at radius 2 is 2.00 bits per heavy atom. The fraction of sp³-hybridized carbons (Fsp3) is 0.400. The van der Waals surface area contributed by atoms with Crippen molar-refractivity contribution in [3.63, 3.8) is 0 Å². The van der Waals surface area contributed by atoms with Gasteiger partial charge in [0.05, 0.1) is 0 Å². The molecule has 0 aliphatic carbocycles. The van der Waals surface area contributed by atoms with E-state index in [0.717, 1.165) is 29.8 Å². The van der Waals surface area contributed by atoms with Crippen LogP contribution in [0.25, 0.3) is 5.13 Å².